The molecule has 0 fully saturated rings. The molecule has 4 heteroatoms. The molecule has 12 rings (SSSR count). The van der Waals surface area contributed by atoms with Gasteiger partial charge in [0, 0.05) is 49.4 Å². The molecule has 0 aliphatic heterocycles. The van der Waals surface area contributed by atoms with E-state index in [1.54, 1.807) is 0 Å². The minimum atomic E-state index is 0.690. The summed E-state index contributed by atoms with van der Waals surface area (Å²) >= 11 is 0. The molecule has 0 spiro atoms. The predicted molar refractivity (Wildman–Crippen MR) is 267 cm³/mol. The summed E-state index contributed by atoms with van der Waals surface area (Å²) in [6.45, 7) is 4.35. The summed E-state index contributed by atoms with van der Waals surface area (Å²) in [6.07, 6.45) is 0. The van der Waals surface area contributed by atoms with E-state index in [-0.39, 0.29) is 0 Å². The van der Waals surface area contributed by atoms with Crippen LogP contribution in [0.15, 0.2) is 218 Å². The highest BCUT2D eigenvalue weighted by atomic mass is 15.0. The van der Waals surface area contributed by atoms with Crippen LogP contribution in [0, 0.1) is 13.8 Å². The fourth-order valence-corrected chi connectivity index (χ4v) is 9.81. The second kappa shape index (κ2) is 15.2. The van der Waals surface area contributed by atoms with E-state index >= 15 is 0 Å². The summed E-state index contributed by atoms with van der Waals surface area (Å²) in [6, 6.07) is 78.6. The van der Waals surface area contributed by atoms with E-state index in [2.05, 4.69) is 217 Å². The standard InChI is InChI=1S/C60H42N4/c1-39-33-40(2)35-45(34-39)43-29-31-58-50(36-43)48-23-11-16-28-57(48)64(58)59-32-30-44(53-38-52(41-17-5-3-6-18-41)61-60(62-53)42-19-7-4-8-20-42)37-51(59)49-24-12-15-27-56(49)63-54-25-13-9-21-46(54)47-22-10-14-26-55(47)63/h3-38H,1-2H3. The highest BCUT2D eigenvalue weighted by molar-refractivity contribution is 6.12. The second-order valence-corrected chi connectivity index (χ2v) is 16.8. The number of para-hydroxylation sites is 4. The molecule has 0 aliphatic carbocycles. The van der Waals surface area contributed by atoms with Gasteiger partial charge in [-0.1, -0.05) is 175 Å². The summed E-state index contributed by atoms with van der Waals surface area (Å²) in [5.41, 5.74) is 18.8. The first-order chi connectivity index (χ1) is 31.6. The smallest absolute Gasteiger partial charge is 0.160 e. The molecule has 12 aromatic rings. The number of nitrogens with zero attached hydrogens (tertiary/aromatic N) is 4. The van der Waals surface area contributed by atoms with Crippen molar-refractivity contribution in [1.82, 2.24) is 19.1 Å². The number of rotatable bonds is 7. The van der Waals surface area contributed by atoms with E-state index in [0.29, 0.717) is 5.82 Å². The third kappa shape index (κ3) is 6.30. The number of hydrogen-bond acceptors (Lipinski definition) is 2. The molecule has 0 amide bonds. The van der Waals surface area contributed by atoms with Crippen molar-refractivity contribution in [2.45, 2.75) is 13.8 Å². The lowest BCUT2D eigenvalue weighted by Crippen LogP contribution is -2.02. The Kier molecular flexibility index (Phi) is 8.91. The van der Waals surface area contributed by atoms with Crippen molar-refractivity contribution in [2.24, 2.45) is 0 Å². The minimum Gasteiger partial charge on any atom is -0.309 e. The molecule has 0 aliphatic rings. The SMILES string of the molecule is Cc1cc(C)cc(-c2ccc3c(c2)c2ccccc2n3-c2ccc(-c3cc(-c4ccccc4)nc(-c4ccccc4)n3)cc2-c2ccccc2-n2c3ccccc3c3ccccc32)c1. The highest BCUT2D eigenvalue weighted by Gasteiger charge is 2.22. The van der Waals surface area contributed by atoms with Gasteiger partial charge in [0.15, 0.2) is 5.82 Å². The van der Waals surface area contributed by atoms with E-state index in [1.807, 2.05) is 24.3 Å². The van der Waals surface area contributed by atoms with Crippen LogP contribution < -0.4 is 0 Å². The fraction of sp³-hybridized carbons (Fsp3) is 0.0333. The second-order valence-electron chi connectivity index (χ2n) is 16.8. The largest absolute Gasteiger partial charge is 0.309 e. The van der Waals surface area contributed by atoms with E-state index < -0.39 is 0 Å². The zero-order valence-electron chi connectivity index (χ0n) is 35.6. The summed E-state index contributed by atoms with van der Waals surface area (Å²) in [5, 5.41) is 4.89. The number of aromatic nitrogens is 4. The molecule has 64 heavy (non-hydrogen) atoms. The van der Waals surface area contributed by atoms with Crippen molar-refractivity contribution in [2.75, 3.05) is 0 Å². The Balaban J connectivity index is 1.15. The molecule has 3 aromatic heterocycles. The third-order valence-electron chi connectivity index (χ3n) is 12.6. The van der Waals surface area contributed by atoms with Gasteiger partial charge in [-0.3, -0.25) is 0 Å². The van der Waals surface area contributed by atoms with Crippen LogP contribution in [0.4, 0.5) is 0 Å². The first-order valence-electron chi connectivity index (χ1n) is 21.9. The van der Waals surface area contributed by atoms with Crippen LogP contribution in [-0.2, 0) is 0 Å². The molecule has 0 radical (unpaired) electrons. The van der Waals surface area contributed by atoms with Crippen LogP contribution in [0.1, 0.15) is 11.1 Å². The zero-order valence-corrected chi connectivity index (χ0v) is 35.6. The quantitative estimate of drug-likeness (QED) is 0.161. The molecule has 302 valence electrons. The topological polar surface area (TPSA) is 35.6 Å². The number of benzene rings is 9. The van der Waals surface area contributed by atoms with Crippen molar-refractivity contribution in [3.63, 3.8) is 0 Å². The van der Waals surface area contributed by atoms with Gasteiger partial charge in [0.1, 0.15) is 0 Å². The Morgan fingerprint density at radius 2 is 0.781 bits per heavy atom. The van der Waals surface area contributed by atoms with Crippen molar-refractivity contribution >= 4 is 43.6 Å². The van der Waals surface area contributed by atoms with Crippen molar-refractivity contribution in [3.8, 4) is 67.5 Å². The van der Waals surface area contributed by atoms with Gasteiger partial charge in [-0.2, -0.15) is 0 Å². The van der Waals surface area contributed by atoms with E-state index in [1.165, 1.54) is 54.8 Å². The first-order valence-corrected chi connectivity index (χ1v) is 21.9. The highest BCUT2D eigenvalue weighted by Crippen LogP contribution is 2.43. The molecule has 0 saturated carbocycles. The molecular formula is C60H42N4. The molecule has 0 bridgehead atoms. The van der Waals surface area contributed by atoms with Gasteiger partial charge in [0.2, 0.25) is 0 Å². The van der Waals surface area contributed by atoms with Gasteiger partial charge >= 0.3 is 0 Å². The van der Waals surface area contributed by atoms with Crippen molar-refractivity contribution < 1.29 is 0 Å². The Hall–Kier alpha value is -8.34. The molecule has 0 unspecified atom stereocenters. The molecule has 9 aromatic carbocycles. The maximum atomic E-state index is 5.31. The van der Waals surface area contributed by atoms with Gasteiger partial charge in [-0.25, -0.2) is 9.97 Å². The zero-order chi connectivity index (χ0) is 42.7. The lowest BCUT2D eigenvalue weighted by atomic mass is 9.96. The Morgan fingerprint density at radius 1 is 0.297 bits per heavy atom. The molecule has 3 heterocycles. The Labute approximate surface area is 372 Å². The maximum absolute atomic E-state index is 5.31. The van der Waals surface area contributed by atoms with Crippen LogP contribution in [-0.4, -0.2) is 19.1 Å². The molecule has 0 atom stereocenters. The molecule has 4 nitrogen and oxygen atoms in total. The van der Waals surface area contributed by atoms with Crippen LogP contribution in [0.3, 0.4) is 0 Å². The van der Waals surface area contributed by atoms with Gasteiger partial charge in [0.05, 0.1) is 44.8 Å². The summed E-state index contributed by atoms with van der Waals surface area (Å²) in [4.78, 5) is 10.4. The Morgan fingerprint density at radius 3 is 1.42 bits per heavy atom. The lowest BCUT2D eigenvalue weighted by molar-refractivity contribution is 1.16. The lowest BCUT2D eigenvalue weighted by Gasteiger charge is -2.20. The van der Waals surface area contributed by atoms with Crippen LogP contribution in [0.25, 0.3) is 111 Å². The number of hydrogen-bond donors (Lipinski definition) is 0. The van der Waals surface area contributed by atoms with Gasteiger partial charge < -0.3 is 9.13 Å². The monoisotopic (exact) mass is 818 g/mol. The molecular weight excluding hydrogens is 777 g/mol. The van der Waals surface area contributed by atoms with E-state index in [9.17, 15) is 0 Å². The molecule has 0 N–H and O–H groups in total. The van der Waals surface area contributed by atoms with Gasteiger partial charge in [-0.15, -0.1) is 0 Å². The van der Waals surface area contributed by atoms with Crippen LogP contribution in [0.2, 0.25) is 0 Å². The van der Waals surface area contributed by atoms with Crippen molar-refractivity contribution in [3.05, 3.63) is 230 Å². The third-order valence-corrected chi connectivity index (χ3v) is 12.6. The van der Waals surface area contributed by atoms with Gasteiger partial charge in [0.25, 0.3) is 0 Å². The predicted octanol–water partition coefficient (Wildman–Crippen LogP) is 15.6. The van der Waals surface area contributed by atoms with Crippen molar-refractivity contribution in [1.29, 1.82) is 0 Å². The summed E-state index contributed by atoms with van der Waals surface area (Å²) < 4.78 is 4.90. The Bertz CT molecular complexity index is 3610. The van der Waals surface area contributed by atoms with E-state index in [0.717, 1.165) is 61.6 Å². The van der Waals surface area contributed by atoms with Gasteiger partial charge in [-0.05, 0) is 79.6 Å². The average Bonchev–Trinajstić information content (AvgIpc) is 3.86. The maximum Gasteiger partial charge on any atom is 0.160 e. The van der Waals surface area contributed by atoms with Crippen LogP contribution in [0.5, 0.6) is 0 Å². The van der Waals surface area contributed by atoms with Crippen LogP contribution >= 0.6 is 0 Å². The first kappa shape index (κ1) is 37.4. The minimum absolute atomic E-state index is 0.690. The summed E-state index contributed by atoms with van der Waals surface area (Å²) in [5.74, 6) is 0.690. The molecule has 0 saturated heterocycles. The normalized spacial score (nSPS) is 11.6. The van der Waals surface area contributed by atoms with E-state index in [4.69, 9.17) is 9.97 Å². The number of aryl methyl sites for hydroxylation is 2. The number of fused-ring (bicyclic) bond motifs is 6. The average molecular weight is 819 g/mol. The summed E-state index contributed by atoms with van der Waals surface area (Å²) in [7, 11) is 0. The fourth-order valence-electron chi connectivity index (χ4n) is 9.81.